The lowest BCUT2D eigenvalue weighted by Crippen LogP contribution is -2.13. The van der Waals surface area contributed by atoms with E-state index in [-0.39, 0.29) is 11.8 Å². The van der Waals surface area contributed by atoms with Crippen LogP contribution in [-0.4, -0.2) is 11.8 Å². The van der Waals surface area contributed by atoms with Crippen molar-refractivity contribution >= 4 is 34.8 Å². The molecule has 0 heterocycles. The van der Waals surface area contributed by atoms with Crippen LogP contribution < -0.4 is 10.6 Å². The molecule has 0 spiro atoms. The van der Waals surface area contributed by atoms with Crippen LogP contribution in [0.3, 0.4) is 0 Å². The first kappa shape index (κ1) is 18.0. The number of amides is 2. The van der Waals surface area contributed by atoms with E-state index < -0.39 is 0 Å². The smallest absolute Gasteiger partial charge is 0.255 e. The molecule has 2 rings (SSSR count). The van der Waals surface area contributed by atoms with E-state index in [0.29, 0.717) is 28.4 Å². The number of halogens is 1. The maximum Gasteiger partial charge on any atom is 0.255 e. The minimum absolute atomic E-state index is 0.00960. The van der Waals surface area contributed by atoms with Crippen LogP contribution in [-0.2, 0) is 4.79 Å². The molecule has 0 aromatic heterocycles. The first-order valence-corrected chi connectivity index (χ1v) is 8.43. The van der Waals surface area contributed by atoms with Gasteiger partial charge in [-0.15, -0.1) is 0 Å². The maximum absolute atomic E-state index is 12.2. The van der Waals surface area contributed by atoms with Gasteiger partial charge >= 0.3 is 0 Å². The zero-order valence-corrected chi connectivity index (χ0v) is 14.4. The monoisotopic (exact) mass is 344 g/mol. The van der Waals surface area contributed by atoms with Crippen LogP contribution in [0.5, 0.6) is 0 Å². The van der Waals surface area contributed by atoms with Gasteiger partial charge in [0.15, 0.2) is 0 Å². The predicted octanol–water partition coefficient (Wildman–Crippen LogP) is 5.11. The maximum atomic E-state index is 12.2. The van der Waals surface area contributed by atoms with Crippen LogP contribution in [0.1, 0.15) is 43.0 Å². The van der Waals surface area contributed by atoms with Crippen molar-refractivity contribution in [1.82, 2.24) is 0 Å². The Kier molecular flexibility index (Phi) is 6.82. The van der Waals surface area contributed by atoms with Gasteiger partial charge in [-0.2, -0.15) is 0 Å². The quantitative estimate of drug-likeness (QED) is 0.685. The Hall–Kier alpha value is -2.33. The minimum Gasteiger partial charge on any atom is -0.326 e. The molecule has 0 saturated carbocycles. The van der Waals surface area contributed by atoms with Gasteiger partial charge in [-0.05, 0) is 48.9 Å². The third-order valence-corrected chi connectivity index (χ3v) is 3.77. The van der Waals surface area contributed by atoms with E-state index in [1.165, 1.54) is 0 Å². The van der Waals surface area contributed by atoms with E-state index in [0.717, 1.165) is 19.3 Å². The summed E-state index contributed by atoms with van der Waals surface area (Å²) >= 11 is 5.82. The standard InChI is InChI=1S/C19H21ClN2O2/c1-2-3-4-8-18(23)21-16-6-5-7-17(13-16)22-19(24)14-9-11-15(20)12-10-14/h5-7,9-13H,2-4,8H2,1H3,(H,21,23)(H,22,24). The lowest BCUT2D eigenvalue weighted by atomic mass is 10.2. The Morgan fingerprint density at radius 1 is 0.958 bits per heavy atom. The van der Waals surface area contributed by atoms with Crippen molar-refractivity contribution in [3.63, 3.8) is 0 Å². The molecule has 2 aromatic carbocycles. The topological polar surface area (TPSA) is 58.2 Å². The Bertz CT molecular complexity index is 699. The highest BCUT2D eigenvalue weighted by molar-refractivity contribution is 6.30. The molecule has 0 unspecified atom stereocenters. The summed E-state index contributed by atoms with van der Waals surface area (Å²) in [7, 11) is 0. The van der Waals surface area contributed by atoms with Crippen LogP contribution in [0.4, 0.5) is 11.4 Å². The third-order valence-electron chi connectivity index (χ3n) is 3.52. The van der Waals surface area contributed by atoms with Crippen LogP contribution in [0.25, 0.3) is 0 Å². The van der Waals surface area contributed by atoms with Crippen LogP contribution >= 0.6 is 11.6 Å². The lowest BCUT2D eigenvalue weighted by Gasteiger charge is -2.09. The van der Waals surface area contributed by atoms with E-state index in [4.69, 9.17) is 11.6 Å². The highest BCUT2D eigenvalue weighted by atomic mass is 35.5. The van der Waals surface area contributed by atoms with Crippen molar-refractivity contribution in [2.45, 2.75) is 32.6 Å². The molecule has 4 nitrogen and oxygen atoms in total. The first-order valence-electron chi connectivity index (χ1n) is 8.05. The molecule has 0 aliphatic carbocycles. The second-order valence-electron chi connectivity index (χ2n) is 5.55. The molecule has 2 amide bonds. The average Bonchev–Trinajstić information content (AvgIpc) is 2.56. The molecule has 0 atom stereocenters. The van der Waals surface area contributed by atoms with Gasteiger partial charge in [0, 0.05) is 28.4 Å². The Morgan fingerprint density at radius 3 is 2.29 bits per heavy atom. The van der Waals surface area contributed by atoms with E-state index in [1.54, 1.807) is 48.5 Å². The summed E-state index contributed by atoms with van der Waals surface area (Å²) in [5.41, 5.74) is 1.82. The van der Waals surface area contributed by atoms with Crippen molar-refractivity contribution in [3.05, 3.63) is 59.1 Å². The molecular formula is C19H21ClN2O2. The fraction of sp³-hybridized carbons (Fsp3) is 0.263. The lowest BCUT2D eigenvalue weighted by molar-refractivity contribution is -0.116. The molecule has 2 aromatic rings. The average molecular weight is 345 g/mol. The van der Waals surface area contributed by atoms with E-state index in [2.05, 4.69) is 17.6 Å². The molecule has 0 fully saturated rings. The van der Waals surface area contributed by atoms with E-state index >= 15 is 0 Å². The highest BCUT2D eigenvalue weighted by Crippen LogP contribution is 2.17. The minimum atomic E-state index is -0.224. The number of benzene rings is 2. The van der Waals surface area contributed by atoms with Gasteiger partial charge in [0.1, 0.15) is 0 Å². The molecule has 126 valence electrons. The zero-order chi connectivity index (χ0) is 17.4. The van der Waals surface area contributed by atoms with Crippen molar-refractivity contribution < 1.29 is 9.59 Å². The summed E-state index contributed by atoms with van der Waals surface area (Å²) in [4.78, 5) is 24.1. The number of rotatable bonds is 7. The fourth-order valence-electron chi connectivity index (χ4n) is 2.24. The molecule has 0 aliphatic heterocycles. The van der Waals surface area contributed by atoms with E-state index in [1.807, 2.05) is 0 Å². The predicted molar refractivity (Wildman–Crippen MR) is 98.6 cm³/mol. The molecule has 0 radical (unpaired) electrons. The van der Waals surface area contributed by atoms with Gasteiger partial charge in [0.25, 0.3) is 5.91 Å². The zero-order valence-electron chi connectivity index (χ0n) is 13.6. The molecule has 24 heavy (non-hydrogen) atoms. The fourth-order valence-corrected chi connectivity index (χ4v) is 2.36. The SMILES string of the molecule is CCCCCC(=O)Nc1cccc(NC(=O)c2ccc(Cl)cc2)c1. The number of nitrogens with one attached hydrogen (secondary N) is 2. The highest BCUT2D eigenvalue weighted by Gasteiger charge is 2.07. The molecule has 0 saturated heterocycles. The second kappa shape index (κ2) is 9.08. The summed E-state index contributed by atoms with van der Waals surface area (Å²) in [6.45, 7) is 2.10. The van der Waals surface area contributed by atoms with Crippen molar-refractivity contribution in [2.75, 3.05) is 10.6 Å². The van der Waals surface area contributed by atoms with Gasteiger partial charge in [-0.25, -0.2) is 0 Å². The number of carbonyl (C=O) groups is 2. The van der Waals surface area contributed by atoms with E-state index in [9.17, 15) is 9.59 Å². The molecular weight excluding hydrogens is 324 g/mol. The van der Waals surface area contributed by atoms with Gasteiger partial charge in [0.2, 0.25) is 5.91 Å². The summed E-state index contributed by atoms with van der Waals surface area (Å²) < 4.78 is 0. The Morgan fingerprint density at radius 2 is 1.62 bits per heavy atom. The number of anilines is 2. The first-order chi connectivity index (χ1) is 11.6. The number of hydrogen-bond acceptors (Lipinski definition) is 2. The molecule has 0 aliphatic rings. The summed E-state index contributed by atoms with van der Waals surface area (Å²) in [6, 6.07) is 13.8. The normalized spacial score (nSPS) is 10.2. The Labute approximate surface area is 147 Å². The largest absolute Gasteiger partial charge is 0.326 e. The number of carbonyl (C=O) groups excluding carboxylic acids is 2. The van der Waals surface area contributed by atoms with Gasteiger partial charge < -0.3 is 10.6 Å². The van der Waals surface area contributed by atoms with Gasteiger partial charge in [0.05, 0.1) is 0 Å². The Balaban J connectivity index is 1.95. The molecule has 5 heteroatoms. The van der Waals surface area contributed by atoms with Gasteiger partial charge in [-0.3, -0.25) is 9.59 Å². The molecule has 2 N–H and O–H groups in total. The van der Waals surface area contributed by atoms with Gasteiger partial charge in [-0.1, -0.05) is 37.4 Å². The summed E-state index contributed by atoms with van der Waals surface area (Å²) in [5, 5.41) is 6.25. The summed E-state index contributed by atoms with van der Waals surface area (Å²) in [6.07, 6.45) is 3.52. The molecule has 0 bridgehead atoms. The van der Waals surface area contributed by atoms with Crippen LogP contribution in [0, 0.1) is 0 Å². The number of unbranched alkanes of at least 4 members (excludes halogenated alkanes) is 2. The summed E-state index contributed by atoms with van der Waals surface area (Å²) in [5.74, 6) is -0.234. The third kappa shape index (κ3) is 5.70. The van der Waals surface area contributed by atoms with Crippen molar-refractivity contribution in [2.24, 2.45) is 0 Å². The van der Waals surface area contributed by atoms with Crippen LogP contribution in [0.2, 0.25) is 5.02 Å². The second-order valence-corrected chi connectivity index (χ2v) is 5.98. The van der Waals surface area contributed by atoms with Crippen molar-refractivity contribution in [3.8, 4) is 0 Å². The van der Waals surface area contributed by atoms with Crippen molar-refractivity contribution in [1.29, 1.82) is 0 Å². The number of hydrogen-bond donors (Lipinski definition) is 2. The van der Waals surface area contributed by atoms with Crippen LogP contribution in [0.15, 0.2) is 48.5 Å².